The van der Waals surface area contributed by atoms with Gasteiger partial charge in [0.2, 0.25) is 11.3 Å². The number of rotatable bonds is 2. The van der Waals surface area contributed by atoms with E-state index < -0.39 is 16.9 Å². The Hall–Kier alpha value is -2.40. The van der Waals surface area contributed by atoms with Crippen molar-refractivity contribution in [3.05, 3.63) is 71.8 Å². The lowest BCUT2D eigenvalue weighted by Gasteiger charge is -2.57. The van der Waals surface area contributed by atoms with Gasteiger partial charge in [-0.25, -0.2) is 0 Å². The molecule has 5 nitrogen and oxygen atoms in total. The van der Waals surface area contributed by atoms with Crippen molar-refractivity contribution in [1.82, 2.24) is 0 Å². The molecular formula is C20H20N4O. The van der Waals surface area contributed by atoms with Gasteiger partial charge in [0.05, 0.1) is 0 Å². The Bertz CT molecular complexity index is 835. The molecule has 0 aromatic heterocycles. The largest absolute Gasteiger partial charge is 0.384 e. The third-order valence-corrected chi connectivity index (χ3v) is 6.04. The molecule has 1 fully saturated rings. The van der Waals surface area contributed by atoms with E-state index >= 15 is 0 Å². The number of hydrogen-bond acceptors (Lipinski definition) is 5. The minimum absolute atomic E-state index is 0.119. The van der Waals surface area contributed by atoms with Crippen LogP contribution < -0.4 is 0 Å². The van der Waals surface area contributed by atoms with Crippen LogP contribution in [0.15, 0.2) is 81.1 Å². The third kappa shape index (κ3) is 1.76. The Morgan fingerprint density at radius 3 is 2.00 bits per heavy atom. The molecule has 1 N–H and O–H groups in total. The van der Waals surface area contributed by atoms with Gasteiger partial charge in [0.25, 0.3) is 0 Å². The Morgan fingerprint density at radius 2 is 1.36 bits per heavy atom. The highest BCUT2D eigenvalue weighted by Gasteiger charge is 2.70. The quantitative estimate of drug-likeness (QED) is 0.861. The minimum atomic E-state index is -1.12. The fraction of sp³-hybridized carbons (Fsp3) is 0.400. The van der Waals surface area contributed by atoms with Crippen LogP contribution in [-0.2, 0) is 11.3 Å². The SMILES string of the molecule is OC12CCCCC1C1(c3ccccc3)N=NC2(c2ccccc2)N=N1. The van der Waals surface area contributed by atoms with Gasteiger partial charge in [0.15, 0.2) is 0 Å². The van der Waals surface area contributed by atoms with Crippen molar-refractivity contribution in [3.63, 3.8) is 0 Å². The first-order chi connectivity index (χ1) is 12.2. The summed E-state index contributed by atoms with van der Waals surface area (Å²) in [6.07, 6.45) is 3.58. The normalized spacial score (nSPS) is 38.5. The highest BCUT2D eigenvalue weighted by Crippen LogP contribution is 2.63. The Morgan fingerprint density at radius 1 is 0.760 bits per heavy atom. The van der Waals surface area contributed by atoms with Gasteiger partial charge in [0.1, 0.15) is 5.60 Å². The highest BCUT2D eigenvalue weighted by molar-refractivity contribution is 5.37. The van der Waals surface area contributed by atoms with Crippen molar-refractivity contribution in [2.45, 2.75) is 42.6 Å². The van der Waals surface area contributed by atoms with Gasteiger partial charge in [-0.3, -0.25) is 0 Å². The van der Waals surface area contributed by atoms with Crippen LogP contribution in [0, 0.1) is 5.92 Å². The zero-order valence-electron chi connectivity index (χ0n) is 13.9. The first-order valence-corrected chi connectivity index (χ1v) is 8.93. The molecule has 5 heteroatoms. The highest BCUT2D eigenvalue weighted by atomic mass is 16.3. The average molecular weight is 332 g/mol. The van der Waals surface area contributed by atoms with Crippen molar-refractivity contribution in [3.8, 4) is 0 Å². The van der Waals surface area contributed by atoms with Crippen LogP contribution in [0.1, 0.15) is 36.8 Å². The van der Waals surface area contributed by atoms with Crippen molar-refractivity contribution < 1.29 is 5.11 Å². The third-order valence-electron chi connectivity index (χ3n) is 6.04. The molecule has 25 heavy (non-hydrogen) atoms. The molecule has 0 spiro atoms. The summed E-state index contributed by atoms with van der Waals surface area (Å²) in [5.74, 6) is -0.119. The number of aliphatic hydroxyl groups is 1. The fourth-order valence-corrected chi connectivity index (χ4v) is 4.79. The lowest BCUT2D eigenvalue weighted by atomic mass is 9.59. The van der Waals surface area contributed by atoms with E-state index in [0.717, 1.165) is 30.4 Å². The van der Waals surface area contributed by atoms with E-state index in [4.69, 9.17) is 0 Å². The molecule has 6 rings (SSSR count). The second-order valence-corrected chi connectivity index (χ2v) is 7.25. The molecular weight excluding hydrogens is 312 g/mol. The topological polar surface area (TPSA) is 69.7 Å². The lowest BCUT2D eigenvalue weighted by Crippen LogP contribution is -2.65. The summed E-state index contributed by atoms with van der Waals surface area (Å²) in [7, 11) is 0. The standard InChI is InChI=1S/C20H20N4O/c25-18-14-8-7-13-17(18)19(15-9-3-1-4-10-15)21-23-20(18,24-22-19)16-11-5-2-6-12-16/h1-6,9-12,17,25H,7-8,13-14H2. The number of nitrogens with zero attached hydrogens (tertiary/aromatic N) is 4. The Balaban J connectivity index is 1.75. The van der Waals surface area contributed by atoms with E-state index in [-0.39, 0.29) is 5.92 Å². The molecule has 3 heterocycles. The van der Waals surface area contributed by atoms with Crippen molar-refractivity contribution in [1.29, 1.82) is 0 Å². The van der Waals surface area contributed by atoms with Gasteiger partial charge in [0, 0.05) is 17.0 Å². The van der Waals surface area contributed by atoms with Gasteiger partial charge < -0.3 is 5.11 Å². The van der Waals surface area contributed by atoms with Gasteiger partial charge in [-0.1, -0.05) is 73.5 Å². The van der Waals surface area contributed by atoms with Crippen molar-refractivity contribution in [2.75, 3.05) is 0 Å². The molecule has 2 aromatic carbocycles. The van der Waals surface area contributed by atoms with Gasteiger partial charge in [-0.15, -0.1) is 0 Å². The molecule has 2 unspecified atom stereocenters. The van der Waals surface area contributed by atoms with Crippen LogP contribution in [0.5, 0.6) is 0 Å². The summed E-state index contributed by atoms with van der Waals surface area (Å²) in [6.45, 7) is 0. The van der Waals surface area contributed by atoms with Crippen LogP contribution in [0.3, 0.4) is 0 Å². The van der Waals surface area contributed by atoms with E-state index in [9.17, 15) is 5.11 Å². The lowest BCUT2D eigenvalue weighted by molar-refractivity contribution is -0.172. The van der Waals surface area contributed by atoms with E-state index in [1.54, 1.807) is 0 Å². The van der Waals surface area contributed by atoms with Gasteiger partial charge >= 0.3 is 0 Å². The predicted molar refractivity (Wildman–Crippen MR) is 92.9 cm³/mol. The molecule has 1 saturated carbocycles. The van der Waals surface area contributed by atoms with Crippen LogP contribution in [0.25, 0.3) is 0 Å². The fourth-order valence-electron chi connectivity index (χ4n) is 4.79. The Labute approximate surface area is 146 Å². The summed E-state index contributed by atoms with van der Waals surface area (Å²) in [6, 6.07) is 19.7. The molecule has 126 valence electrons. The van der Waals surface area contributed by atoms with Crippen LogP contribution in [0.2, 0.25) is 0 Å². The summed E-state index contributed by atoms with van der Waals surface area (Å²) in [5, 5.41) is 30.5. The number of hydrogen-bond donors (Lipinski definition) is 1. The minimum Gasteiger partial charge on any atom is -0.384 e. The molecule has 0 amide bonds. The summed E-state index contributed by atoms with van der Waals surface area (Å²) in [4.78, 5) is 0. The van der Waals surface area contributed by atoms with Crippen molar-refractivity contribution >= 4 is 0 Å². The van der Waals surface area contributed by atoms with E-state index in [0.29, 0.717) is 6.42 Å². The van der Waals surface area contributed by atoms with Gasteiger partial charge in [-0.2, -0.15) is 20.5 Å². The molecule has 0 radical (unpaired) electrons. The molecule has 3 aliphatic heterocycles. The molecule has 2 atom stereocenters. The molecule has 0 saturated heterocycles. The van der Waals surface area contributed by atoms with Crippen LogP contribution in [0.4, 0.5) is 0 Å². The van der Waals surface area contributed by atoms with Crippen molar-refractivity contribution in [2.24, 2.45) is 26.4 Å². The average Bonchev–Trinajstić information content (AvgIpc) is 2.70. The molecule has 2 aromatic rings. The van der Waals surface area contributed by atoms with E-state index in [1.165, 1.54) is 0 Å². The summed E-state index contributed by atoms with van der Waals surface area (Å²) >= 11 is 0. The molecule has 4 aliphatic rings. The van der Waals surface area contributed by atoms with Gasteiger partial charge in [-0.05, 0) is 12.8 Å². The second-order valence-electron chi connectivity index (χ2n) is 7.25. The van der Waals surface area contributed by atoms with Crippen LogP contribution >= 0.6 is 0 Å². The number of benzene rings is 2. The van der Waals surface area contributed by atoms with E-state index in [1.807, 2.05) is 60.7 Å². The van der Waals surface area contributed by atoms with E-state index in [2.05, 4.69) is 20.5 Å². The summed E-state index contributed by atoms with van der Waals surface area (Å²) in [5.41, 5.74) is -1.26. The predicted octanol–water partition coefficient (Wildman–Crippen LogP) is 4.55. The molecule has 1 aliphatic carbocycles. The molecule has 2 bridgehead atoms. The maximum absolute atomic E-state index is 11.9. The number of azo groups is 2. The zero-order chi connectivity index (χ0) is 17.0. The Kier molecular flexibility index (Phi) is 3.01. The maximum Gasteiger partial charge on any atom is 0.244 e. The van der Waals surface area contributed by atoms with Crippen LogP contribution in [-0.4, -0.2) is 10.7 Å². The smallest absolute Gasteiger partial charge is 0.244 e. The maximum atomic E-state index is 11.9. The first kappa shape index (κ1) is 14.9. The first-order valence-electron chi connectivity index (χ1n) is 8.93. The monoisotopic (exact) mass is 332 g/mol. The zero-order valence-corrected chi connectivity index (χ0v) is 13.9. The second kappa shape index (κ2) is 5.05. The summed E-state index contributed by atoms with van der Waals surface area (Å²) < 4.78 is 0.